The zero-order valence-electron chi connectivity index (χ0n) is 13.5. The van der Waals surface area contributed by atoms with Crippen LogP contribution in [0.4, 0.5) is 5.82 Å². The smallest absolute Gasteiger partial charge is 0.178 e. The van der Waals surface area contributed by atoms with Gasteiger partial charge in [0.1, 0.15) is 5.82 Å². The second-order valence-electron chi connectivity index (χ2n) is 6.29. The van der Waals surface area contributed by atoms with Crippen LogP contribution in [0.3, 0.4) is 0 Å². The van der Waals surface area contributed by atoms with Gasteiger partial charge in [-0.15, -0.1) is 15.3 Å². The molecule has 6 nitrogen and oxygen atoms in total. The van der Waals surface area contributed by atoms with E-state index in [0.29, 0.717) is 5.92 Å². The molecule has 0 amide bonds. The van der Waals surface area contributed by atoms with Crippen molar-refractivity contribution in [3.8, 4) is 0 Å². The molecule has 0 aliphatic heterocycles. The number of aliphatic hydroxyl groups excluding tert-OH is 1. The van der Waals surface area contributed by atoms with Gasteiger partial charge in [-0.1, -0.05) is 30.3 Å². The van der Waals surface area contributed by atoms with Gasteiger partial charge in [0, 0.05) is 12.5 Å². The Morgan fingerprint density at radius 2 is 1.96 bits per heavy atom. The maximum Gasteiger partial charge on any atom is 0.178 e. The van der Waals surface area contributed by atoms with Crippen molar-refractivity contribution in [2.75, 3.05) is 11.9 Å². The van der Waals surface area contributed by atoms with Crippen LogP contribution >= 0.6 is 0 Å². The molecule has 1 aliphatic carbocycles. The SMILES string of the molecule is OCCCC(Nc1ccc2nnc(C3CC3)n2n1)c1ccccc1. The first-order chi connectivity index (χ1) is 11.8. The Bertz CT molecular complexity index is 813. The van der Waals surface area contributed by atoms with Crippen molar-refractivity contribution in [1.29, 1.82) is 0 Å². The summed E-state index contributed by atoms with van der Waals surface area (Å²) in [7, 11) is 0. The van der Waals surface area contributed by atoms with Crippen LogP contribution in [0.2, 0.25) is 0 Å². The number of nitrogens with zero attached hydrogens (tertiary/aromatic N) is 4. The first-order valence-electron chi connectivity index (χ1n) is 8.50. The van der Waals surface area contributed by atoms with Crippen LogP contribution < -0.4 is 5.32 Å². The minimum Gasteiger partial charge on any atom is -0.396 e. The predicted octanol–water partition coefficient (Wildman–Crippen LogP) is 2.93. The predicted molar refractivity (Wildman–Crippen MR) is 91.9 cm³/mol. The molecule has 0 saturated heterocycles. The van der Waals surface area contributed by atoms with E-state index in [2.05, 4.69) is 32.7 Å². The number of nitrogens with one attached hydrogen (secondary N) is 1. The van der Waals surface area contributed by atoms with Gasteiger partial charge in [0.05, 0.1) is 6.04 Å². The van der Waals surface area contributed by atoms with Crippen molar-refractivity contribution in [2.45, 2.75) is 37.6 Å². The molecule has 1 saturated carbocycles. The van der Waals surface area contributed by atoms with Crippen molar-refractivity contribution in [2.24, 2.45) is 0 Å². The lowest BCUT2D eigenvalue weighted by Gasteiger charge is -2.19. The summed E-state index contributed by atoms with van der Waals surface area (Å²) in [4.78, 5) is 0. The normalized spacial score (nSPS) is 15.5. The third-order valence-electron chi connectivity index (χ3n) is 4.40. The lowest BCUT2D eigenvalue weighted by molar-refractivity contribution is 0.281. The highest BCUT2D eigenvalue weighted by Gasteiger charge is 2.29. The highest BCUT2D eigenvalue weighted by Crippen LogP contribution is 2.38. The fourth-order valence-electron chi connectivity index (χ4n) is 2.96. The molecule has 6 heteroatoms. The first kappa shape index (κ1) is 15.1. The molecule has 1 fully saturated rings. The number of aromatic nitrogens is 4. The number of benzene rings is 1. The third-order valence-corrected chi connectivity index (χ3v) is 4.40. The number of rotatable bonds is 7. The summed E-state index contributed by atoms with van der Waals surface area (Å²) in [6.45, 7) is 0.189. The topological polar surface area (TPSA) is 75.3 Å². The molecule has 24 heavy (non-hydrogen) atoms. The molecular weight excluding hydrogens is 302 g/mol. The molecule has 1 aliphatic rings. The lowest BCUT2D eigenvalue weighted by atomic mass is 10.0. The minimum atomic E-state index is 0.115. The molecule has 1 aromatic carbocycles. The molecule has 0 radical (unpaired) electrons. The number of anilines is 1. The maximum atomic E-state index is 9.18. The molecule has 1 unspecified atom stereocenters. The van der Waals surface area contributed by atoms with Crippen LogP contribution in [-0.4, -0.2) is 31.5 Å². The van der Waals surface area contributed by atoms with E-state index in [9.17, 15) is 5.11 Å². The Hall–Kier alpha value is -2.47. The summed E-state index contributed by atoms with van der Waals surface area (Å²) in [5.41, 5.74) is 1.98. The number of fused-ring (bicyclic) bond motifs is 1. The van der Waals surface area contributed by atoms with Crippen LogP contribution in [0.15, 0.2) is 42.5 Å². The van der Waals surface area contributed by atoms with E-state index in [1.54, 1.807) is 0 Å². The van der Waals surface area contributed by atoms with E-state index in [1.807, 2.05) is 34.8 Å². The summed E-state index contributed by atoms with van der Waals surface area (Å²) in [5.74, 6) is 2.26. The van der Waals surface area contributed by atoms with Crippen molar-refractivity contribution in [3.63, 3.8) is 0 Å². The average Bonchev–Trinajstić information content (AvgIpc) is 3.39. The Balaban J connectivity index is 1.61. The molecule has 0 bridgehead atoms. The molecule has 4 rings (SSSR count). The summed E-state index contributed by atoms with van der Waals surface area (Å²) >= 11 is 0. The standard InChI is InChI=1S/C18H21N5O/c24-12-4-7-15(13-5-2-1-3-6-13)19-16-10-11-17-20-21-18(14-8-9-14)23(17)22-16/h1-3,5-6,10-11,14-15,24H,4,7-9,12H2,(H,19,22). The van der Waals surface area contributed by atoms with Crippen LogP contribution in [0, 0.1) is 0 Å². The number of hydrogen-bond donors (Lipinski definition) is 2. The van der Waals surface area contributed by atoms with E-state index < -0.39 is 0 Å². The largest absolute Gasteiger partial charge is 0.396 e. The lowest BCUT2D eigenvalue weighted by Crippen LogP contribution is -2.13. The average molecular weight is 323 g/mol. The van der Waals surface area contributed by atoms with Gasteiger partial charge < -0.3 is 10.4 Å². The fraction of sp³-hybridized carbons (Fsp3) is 0.389. The van der Waals surface area contributed by atoms with Crippen LogP contribution in [-0.2, 0) is 0 Å². The van der Waals surface area contributed by atoms with E-state index in [1.165, 1.54) is 18.4 Å². The zero-order chi connectivity index (χ0) is 16.4. The van der Waals surface area contributed by atoms with Gasteiger partial charge >= 0.3 is 0 Å². The molecule has 1 atom stereocenters. The molecule has 124 valence electrons. The van der Waals surface area contributed by atoms with E-state index in [0.717, 1.165) is 30.1 Å². The van der Waals surface area contributed by atoms with Crippen molar-refractivity contribution in [3.05, 3.63) is 53.9 Å². The molecule has 2 aromatic heterocycles. The van der Waals surface area contributed by atoms with E-state index >= 15 is 0 Å². The van der Waals surface area contributed by atoms with E-state index in [4.69, 9.17) is 0 Å². The molecule has 0 spiro atoms. The minimum absolute atomic E-state index is 0.115. The number of aliphatic hydroxyl groups is 1. The molecule has 2 heterocycles. The first-order valence-corrected chi connectivity index (χ1v) is 8.50. The maximum absolute atomic E-state index is 9.18. The zero-order valence-corrected chi connectivity index (χ0v) is 13.5. The summed E-state index contributed by atoms with van der Waals surface area (Å²) < 4.78 is 1.86. The molecular formula is C18H21N5O. The van der Waals surface area contributed by atoms with Gasteiger partial charge in [-0.3, -0.25) is 0 Å². The third kappa shape index (κ3) is 3.10. The second kappa shape index (κ2) is 6.57. The van der Waals surface area contributed by atoms with Gasteiger partial charge in [0.15, 0.2) is 11.5 Å². The van der Waals surface area contributed by atoms with Crippen LogP contribution in [0.5, 0.6) is 0 Å². The highest BCUT2D eigenvalue weighted by atomic mass is 16.2. The van der Waals surface area contributed by atoms with Crippen LogP contribution in [0.1, 0.15) is 49.0 Å². The van der Waals surface area contributed by atoms with Gasteiger partial charge in [-0.2, -0.15) is 4.52 Å². The Morgan fingerprint density at radius 1 is 1.12 bits per heavy atom. The van der Waals surface area contributed by atoms with Crippen molar-refractivity contribution in [1.82, 2.24) is 19.8 Å². The monoisotopic (exact) mass is 323 g/mol. The number of hydrogen-bond acceptors (Lipinski definition) is 5. The second-order valence-corrected chi connectivity index (χ2v) is 6.29. The summed E-state index contributed by atoms with van der Waals surface area (Å²) in [6, 6.07) is 14.3. The molecule has 3 aromatic rings. The highest BCUT2D eigenvalue weighted by molar-refractivity contribution is 5.46. The fourth-order valence-corrected chi connectivity index (χ4v) is 2.96. The Labute approximate surface area is 140 Å². The van der Waals surface area contributed by atoms with Gasteiger partial charge in [-0.25, -0.2) is 0 Å². The van der Waals surface area contributed by atoms with Crippen molar-refractivity contribution >= 4 is 11.5 Å². The quantitative estimate of drug-likeness (QED) is 0.699. The Morgan fingerprint density at radius 3 is 2.71 bits per heavy atom. The molecule has 2 N–H and O–H groups in total. The van der Waals surface area contributed by atoms with E-state index in [-0.39, 0.29) is 12.6 Å². The van der Waals surface area contributed by atoms with Crippen molar-refractivity contribution < 1.29 is 5.11 Å². The van der Waals surface area contributed by atoms with Crippen LogP contribution in [0.25, 0.3) is 5.65 Å². The summed E-state index contributed by atoms with van der Waals surface area (Å²) in [5, 5.41) is 25.8. The Kier molecular flexibility index (Phi) is 4.13. The van der Waals surface area contributed by atoms with Gasteiger partial charge in [0.2, 0.25) is 0 Å². The van der Waals surface area contributed by atoms with Gasteiger partial charge in [0.25, 0.3) is 0 Å². The van der Waals surface area contributed by atoms with Gasteiger partial charge in [-0.05, 0) is 43.4 Å². The summed E-state index contributed by atoms with van der Waals surface area (Å²) in [6.07, 6.45) is 3.93.